The lowest BCUT2D eigenvalue weighted by Gasteiger charge is -2.15. The number of hydrogen-bond donors (Lipinski definition) is 0. The number of hydrogen-bond acceptors (Lipinski definition) is 3. The zero-order valence-electron chi connectivity index (χ0n) is 11.6. The summed E-state index contributed by atoms with van der Waals surface area (Å²) in [7, 11) is 0. The molecule has 1 heterocycles. The van der Waals surface area contributed by atoms with Crippen LogP contribution in [0.4, 0.5) is 0 Å². The number of ether oxygens (including phenoxy) is 1. The van der Waals surface area contributed by atoms with E-state index in [9.17, 15) is 0 Å². The average Bonchev–Trinajstić information content (AvgIpc) is 2.83. The molecule has 0 amide bonds. The zero-order chi connectivity index (χ0) is 14.2. The molecule has 5 nitrogen and oxygen atoms in total. The number of nitrogens with zero attached hydrogens (tertiary/aromatic N) is 4. The second kappa shape index (κ2) is 7.56. The summed E-state index contributed by atoms with van der Waals surface area (Å²) in [6.07, 6.45) is -0.0736. The topological polar surface area (TPSA) is 61.2 Å². The van der Waals surface area contributed by atoms with Crippen LogP contribution in [0.5, 0.6) is 0 Å². The highest BCUT2D eigenvalue weighted by Crippen LogP contribution is 2.19. The standard InChI is InChI=1S/C15H18N4O/c1-2-3-9-20-15-12-19(11-14(15)17-18-16)10-13-7-5-4-6-8-13/h4-8,14-15H,9-12H2,1H3/t14-,15?/m1/s1. The second-order valence-electron chi connectivity index (χ2n) is 4.73. The van der Waals surface area contributed by atoms with E-state index in [1.165, 1.54) is 5.56 Å². The molecule has 1 saturated heterocycles. The molecule has 2 rings (SSSR count). The van der Waals surface area contributed by atoms with Crippen molar-refractivity contribution in [3.8, 4) is 11.8 Å². The minimum absolute atomic E-state index is 0.0736. The second-order valence-corrected chi connectivity index (χ2v) is 4.73. The Kier molecular flexibility index (Phi) is 5.45. The minimum Gasteiger partial charge on any atom is -0.364 e. The van der Waals surface area contributed by atoms with Crippen LogP contribution in [-0.2, 0) is 11.3 Å². The minimum atomic E-state index is -0.137. The summed E-state index contributed by atoms with van der Waals surface area (Å²) in [5.41, 5.74) is 9.90. The molecule has 1 aliphatic rings. The summed E-state index contributed by atoms with van der Waals surface area (Å²) in [5.74, 6) is 5.67. The van der Waals surface area contributed by atoms with E-state index in [0.29, 0.717) is 6.61 Å². The van der Waals surface area contributed by atoms with Crippen molar-refractivity contribution in [2.45, 2.75) is 25.6 Å². The molecule has 0 radical (unpaired) electrons. The molecule has 1 aliphatic heterocycles. The van der Waals surface area contributed by atoms with Crippen LogP contribution in [-0.4, -0.2) is 36.7 Å². The molecule has 104 valence electrons. The maximum absolute atomic E-state index is 8.65. The van der Waals surface area contributed by atoms with E-state index >= 15 is 0 Å². The SMILES string of the molecule is CC#CCOC1CN(Cc2ccccc2)C[C@H]1N=[N+]=[N-]. The first kappa shape index (κ1) is 14.4. The number of rotatable bonds is 5. The van der Waals surface area contributed by atoms with Crippen LogP contribution in [0, 0.1) is 11.8 Å². The van der Waals surface area contributed by atoms with Crippen molar-refractivity contribution in [2.75, 3.05) is 19.7 Å². The molecule has 1 aromatic carbocycles. The van der Waals surface area contributed by atoms with Gasteiger partial charge in [-0.2, -0.15) is 0 Å². The molecule has 2 atom stereocenters. The molecule has 0 bridgehead atoms. The fourth-order valence-electron chi connectivity index (χ4n) is 2.37. The maximum Gasteiger partial charge on any atom is 0.108 e. The van der Waals surface area contributed by atoms with Crippen molar-refractivity contribution < 1.29 is 4.74 Å². The summed E-state index contributed by atoms with van der Waals surface area (Å²) in [5, 5.41) is 3.84. The first-order valence-corrected chi connectivity index (χ1v) is 6.65. The van der Waals surface area contributed by atoms with Gasteiger partial charge >= 0.3 is 0 Å². The monoisotopic (exact) mass is 270 g/mol. The van der Waals surface area contributed by atoms with Gasteiger partial charge in [-0.25, -0.2) is 0 Å². The third kappa shape index (κ3) is 4.01. The Morgan fingerprint density at radius 3 is 2.90 bits per heavy atom. The van der Waals surface area contributed by atoms with Crippen LogP contribution < -0.4 is 0 Å². The zero-order valence-corrected chi connectivity index (χ0v) is 11.6. The largest absolute Gasteiger partial charge is 0.364 e. The fourth-order valence-corrected chi connectivity index (χ4v) is 2.37. The first-order chi connectivity index (χ1) is 9.83. The predicted molar refractivity (Wildman–Crippen MR) is 77.8 cm³/mol. The van der Waals surface area contributed by atoms with Gasteiger partial charge in [-0.05, 0) is 18.0 Å². The Morgan fingerprint density at radius 2 is 2.20 bits per heavy atom. The van der Waals surface area contributed by atoms with Gasteiger partial charge in [0.1, 0.15) is 6.61 Å². The Morgan fingerprint density at radius 1 is 1.40 bits per heavy atom. The van der Waals surface area contributed by atoms with Gasteiger partial charge in [0.2, 0.25) is 0 Å². The van der Waals surface area contributed by atoms with E-state index in [0.717, 1.165) is 19.6 Å². The summed E-state index contributed by atoms with van der Waals surface area (Å²) < 4.78 is 5.70. The van der Waals surface area contributed by atoms with Crippen LogP contribution in [0.3, 0.4) is 0 Å². The van der Waals surface area contributed by atoms with Gasteiger partial charge in [-0.15, -0.1) is 5.92 Å². The molecule has 5 heteroatoms. The van der Waals surface area contributed by atoms with E-state index in [2.05, 4.69) is 38.9 Å². The molecule has 1 fully saturated rings. The van der Waals surface area contributed by atoms with Gasteiger partial charge < -0.3 is 4.74 Å². The van der Waals surface area contributed by atoms with Crippen LogP contribution >= 0.6 is 0 Å². The van der Waals surface area contributed by atoms with Crippen molar-refractivity contribution in [3.05, 3.63) is 46.3 Å². The first-order valence-electron chi connectivity index (χ1n) is 6.65. The number of benzene rings is 1. The molecular weight excluding hydrogens is 252 g/mol. The van der Waals surface area contributed by atoms with Crippen molar-refractivity contribution in [2.24, 2.45) is 5.11 Å². The lowest BCUT2D eigenvalue weighted by atomic mass is 10.2. The average molecular weight is 270 g/mol. The molecule has 20 heavy (non-hydrogen) atoms. The molecule has 1 unspecified atom stereocenters. The van der Waals surface area contributed by atoms with E-state index in [4.69, 9.17) is 10.3 Å². The predicted octanol–water partition coefficient (Wildman–Crippen LogP) is 2.59. The van der Waals surface area contributed by atoms with Crippen LogP contribution in [0.2, 0.25) is 0 Å². The normalized spacial score (nSPS) is 21.9. The summed E-state index contributed by atoms with van der Waals surface area (Å²) in [6, 6.07) is 10.1. The third-order valence-corrected chi connectivity index (χ3v) is 3.31. The van der Waals surface area contributed by atoms with Crippen LogP contribution in [0.15, 0.2) is 35.4 Å². The van der Waals surface area contributed by atoms with Crippen molar-refractivity contribution in [3.63, 3.8) is 0 Å². The molecule has 0 aliphatic carbocycles. The van der Waals surface area contributed by atoms with Crippen molar-refractivity contribution in [1.29, 1.82) is 0 Å². The Hall–Kier alpha value is -1.99. The van der Waals surface area contributed by atoms with E-state index in [-0.39, 0.29) is 12.1 Å². The Balaban J connectivity index is 1.95. The summed E-state index contributed by atoms with van der Waals surface area (Å²) in [4.78, 5) is 5.17. The molecule has 1 aromatic rings. The highest BCUT2D eigenvalue weighted by atomic mass is 16.5. The Labute approximate surface area is 119 Å². The third-order valence-electron chi connectivity index (χ3n) is 3.31. The molecule has 0 aromatic heterocycles. The van der Waals surface area contributed by atoms with Crippen molar-refractivity contribution >= 4 is 0 Å². The molecular formula is C15H18N4O. The van der Waals surface area contributed by atoms with Gasteiger partial charge in [0, 0.05) is 24.5 Å². The van der Waals surface area contributed by atoms with Crippen LogP contribution in [0.25, 0.3) is 10.4 Å². The Bertz CT molecular complexity index is 528. The summed E-state index contributed by atoms with van der Waals surface area (Å²) in [6.45, 7) is 4.51. The molecule has 0 N–H and O–H groups in total. The van der Waals surface area contributed by atoms with Gasteiger partial charge in [0.15, 0.2) is 0 Å². The number of azide groups is 1. The van der Waals surface area contributed by atoms with E-state index < -0.39 is 0 Å². The van der Waals surface area contributed by atoms with Crippen LogP contribution in [0.1, 0.15) is 12.5 Å². The van der Waals surface area contributed by atoms with Gasteiger partial charge in [0.25, 0.3) is 0 Å². The number of likely N-dealkylation sites (tertiary alicyclic amines) is 1. The lowest BCUT2D eigenvalue weighted by Crippen LogP contribution is -2.25. The van der Waals surface area contributed by atoms with Crippen molar-refractivity contribution in [1.82, 2.24) is 4.90 Å². The van der Waals surface area contributed by atoms with Gasteiger partial charge in [0.05, 0.1) is 12.1 Å². The highest BCUT2D eigenvalue weighted by Gasteiger charge is 2.32. The van der Waals surface area contributed by atoms with Gasteiger partial charge in [-0.3, -0.25) is 4.90 Å². The molecule has 0 saturated carbocycles. The quantitative estimate of drug-likeness (QED) is 0.357. The van der Waals surface area contributed by atoms with E-state index in [1.807, 2.05) is 18.2 Å². The fraction of sp³-hybridized carbons (Fsp3) is 0.467. The van der Waals surface area contributed by atoms with E-state index in [1.54, 1.807) is 6.92 Å². The summed E-state index contributed by atoms with van der Waals surface area (Å²) >= 11 is 0. The molecule has 0 spiro atoms. The highest BCUT2D eigenvalue weighted by molar-refractivity contribution is 5.15. The van der Waals surface area contributed by atoms with Gasteiger partial charge in [-0.1, -0.05) is 41.4 Å². The maximum atomic E-state index is 8.65. The smallest absolute Gasteiger partial charge is 0.108 e. The lowest BCUT2D eigenvalue weighted by molar-refractivity contribution is 0.0742.